The van der Waals surface area contributed by atoms with Crippen molar-refractivity contribution in [1.82, 2.24) is 0 Å². The summed E-state index contributed by atoms with van der Waals surface area (Å²) in [5, 5.41) is 0. The molecule has 5 aromatic rings. The molecule has 0 fully saturated rings. The predicted octanol–water partition coefficient (Wildman–Crippen LogP) is 7.78. The van der Waals surface area contributed by atoms with Crippen LogP contribution in [0.3, 0.4) is 0 Å². The summed E-state index contributed by atoms with van der Waals surface area (Å²) in [6, 6.07) is 52.6. The lowest BCUT2D eigenvalue weighted by Gasteiger charge is -2.39. The summed E-state index contributed by atoms with van der Waals surface area (Å²) in [7, 11) is 0. The predicted molar refractivity (Wildman–Crippen MR) is 135 cm³/mol. The zero-order valence-electron chi connectivity index (χ0n) is 18.4. The van der Waals surface area contributed by atoms with Crippen molar-refractivity contribution in [2.75, 3.05) is 0 Å². The first-order valence-electron chi connectivity index (χ1n) is 11.3. The van der Waals surface area contributed by atoms with Crippen LogP contribution in [0.15, 0.2) is 152 Å². The van der Waals surface area contributed by atoms with Gasteiger partial charge in [0.2, 0.25) is 0 Å². The van der Waals surface area contributed by atoms with Crippen LogP contribution in [-0.4, -0.2) is 0 Å². The third kappa shape index (κ3) is 4.24. The molecule has 0 spiro atoms. The lowest BCUT2D eigenvalue weighted by Crippen LogP contribution is -2.34. The maximum Gasteiger partial charge on any atom is 0.145 e. The maximum absolute atomic E-state index is 7.37. The molecule has 0 amide bonds. The van der Waals surface area contributed by atoms with Crippen molar-refractivity contribution >= 4 is 0 Å². The van der Waals surface area contributed by atoms with E-state index >= 15 is 0 Å². The Morgan fingerprint density at radius 3 is 0.939 bits per heavy atom. The van der Waals surface area contributed by atoms with Gasteiger partial charge >= 0.3 is 0 Å². The fraction of sp³-hybridized carbons (Fsp3) is 0.0625. The topological polar surface area (TPSA) is 9.23 Å². The van der Waals surface area contributed by atoms with Gasteiger partial charge in [-0.15, -0.1) is 0 Å². The number of benzene rings is 5. The summed E-state index contributed by atoms with van der Waals surface area (Å²) >= 11 is 0. The van der Waals surface area contributed by atoms with Gasteiger partial charge in [-0.05, 0) is 27.8 Å². The molecule has 0 aliphatic rings. The van der Waals surface area contributed by atoms with Gasteiger partial charge < -0.3 is 4.74 Å². The maximum atomic E-state index is 7.37. The lowest BCUT2D eigenvalue weighted by molar-refractivity contribution is -0.0296. The second-order valence-corrected chi connectivity index (χ2v) is 8.10. The first-order valence-corrected chi connectivity index (χ1v) is 11.3. The van der Waals surface area contributed by atoms with Crippen LogP contribution >= 0.6 is 0 Å². The van der Waals surface area contributed by atoms with Gasteiger partial charge in [0.1, 0.15) is 11.7 Å². The minimum atomic E-state index is -0.792. The van der Waals surface area contributed by atoms with Gasteiger partial charge in [-0.2, -0.15) is 0 Å². The van der Waals surface area contributed by atoms with E-state index in [2.05, 4.69) is 140 Å². The van der Waals surface area contributed by atoms with Crippen LogP contribution in [0.1, 0.15) is 33.9 Å². The minimum Gasteiger partial charge on any atom is -0.348 e. The fourth-order valence-corrected chi connectivity index (χ4v) is 4.48. The zero-order chi connectivity index (χ0) is 22.3. The van der Waals surface area contributed by atoms with Crippen molar-refractivity contribution in [3.63, 3.8) is 0 Å². The van der Waals surface area contributed by atoms with Crippen LogP contribution in [0.4, 0.5) is 0 Å². The molecule has 0 heterocycles. The quantitative estimate of drug-likeness (QED) is 0.241. The van der Waals surface area contributed by atoms with Crippen LogP contribution < -0.4 is 0 Å². The SMILES string of the molecule is c1ccc(C(OC(c2ccccc2)(c2ccccc2)c2ccccc2)c2ccccc2)cc1. The second kappa shape index (κ2) is 9.68. The van der Waals surface area contributed by atoms with Crippen molar-refractivity contribution in [2.45, 2.75) is 11.7 Å². The molecule has 0 saturated heterocycles. The average Bonchev–Trinajstić information content (AvgIpc) is 2.92. The van der Waals surface area contributed by atoms with Crippen molar-refractivity contribution in [2.24, 2.45) is 0 Å². The summed E-state index contributed by atoms with van der Waals surface area (Å²) < 4.78 is 7.37. The van der Waals surface area contributed by atoms with E-state index in [1.54, 1.807) is 0 Å². The molecule has 1 nitrogen and oxygen atoms in total. The monoisotopic (exact) mass is 426 g/mol. The summed E-state index contributed by atoms with van der Waals surface area (Å²) in [6.07, 6.45) is -0.256. The van der Waals surface area contributed by atoms with Crippen LogP contribution in [0, 0.1) is 0 Å². The molecule has 0 aliphatic carbocycles. The third-order valence-electron chi connectivity index (χ3n) is 6.04. The molecule has 0 saturated carbocycles. The van der Waals surface area contributed by atoms with Gasteiger partial charge in [-0.1, -0.05) is 152 Å². The van der Waals surface area contributed by atoms with Crippen molar-refractivity contribution in [1.29, 1.82) is 0 Å². The van der Waals surface area contributed by atoms with Gasteiger partial charge in [-0.3, -0.25) is 0 Å². The largest absolute Gasteiger partial charge is 0.348 e. The minimum absolute atomic E-state index is 0.256. The normalized spacial score (nSPS) is 11.4. The highest BCUT2D eigenvalue weighted by molar-refractivity contribution is 5.48. The van der Waals surface area contributed by atoms with Crippen LogP contribution in [0.5, 0.6) is 0 Å². The highest BCUT2D eigenvalue weighted by Gasteiger charge is 2.40. The summed E-state index contributed by atoms with van der Waals surface area (Å²) in [5.74, 6) is 0. The van der Waals surface area contributed by atoms with Gasteiger partial charge in [0, 0.05) is 0 Å². The number of rotatable bonds is 7. The van der Waals surface area contributed by atoms with E-state index in [1.807, 2.05) is 12.1 Å². The van der Waals surface area contributed by atoms with Gasteiger partial charge in [0.15, 0.2) is 0 Å². The molecule has 0 bridgehead atoms. The van der Waals surface area contributed by atoms with Gasteiger partial charge in [0.05, 0.1) is 0 Å². The summed E-state index contributed by atoms with van der Waals surface area (Å²) in [4.78, 5) is 0. The molecule has 0 atom stereocenters. The van der Waals surface area contributed by atoms with E-state index in [4.69, 9.17) is 4.74 Å². The molecule has 5 aromatic carbocycles. The van der Waals surface area contributed by atoms with Crippen LogP contribution in [0.2, 0.25) is 0 Å². The van der Waals surface area contributed by atoms with Crippen molar-refractivity contribution in [3.05, 3.63) is 179 Å². The molecular formula is C32H26O. The molecule has 160 valence electrons. The standard InChI is InChI=1S/C32H26O/c1-6-16-26(17-7-1)31(27-18-8-2-9-19-27)33-32(28-20-10-3-11-21-28,29-22-12-4-13-23-29)30-24-14-5-15-25-30/h1-25,31H. The Hall–Kier alpha value is -3.94. The number of ether oxygens (including phenoxy) is 1. The zero-order valence-corrected chi connectivity index (χ0v) is 18.4. The summed E-state index contributed by atoms with van der Waals surface area (Å²) in [5.41, 5.74) is 4.74. The Bertz CT molecular complexity index is 1110. The van der Waals surface area contributed by atoms with E-state index in [0.717, 1.165) is 27.8 Å². The van der Waals surface area contributed by atoms with E-state index < -0.39 is 5.60 Å². The molecule has 0 radical (unpaired) electrons. The molecule has 1 heteroatoms. The molecule has 0 N–H and O–H groups in total. The van der Waals surface area contributed by atoms with Crippen molar-refractivity contribution < 1.29 is 4.74 Å². The van der Waals surface area contributed by atoms with E-state index in [9.17, 15) is 0 Å². The van der Waals surface area contributed by atoms with Crippen LogP contribution in [-0.2, 0) is 10.3 Å². The molecular weight excluding hydrogens is 400 g/mol. The summed E-state index contributed by atoms with van der Waals surface area (Å²) in [6.45, 7) is 0. The Balaban J connectivity index is 1.78. The third-order valence-corrected chi connectivity index (χ3v) is 6.04. The smallest absolute Gasteiger partial charge is 0.145 e. The molecule has 0 aromatic heterocycles. The average molecular weight is 427 g/mol. The highest BCUT2D eigenvalue weighted by atomic mass is 16.5. The van der Waals surface area contributed by atoms with E-state index in [0.29, 0.717) is 0 Å². The van der Waals surface area contributed by atoms with Gasteiger partial charge in [0.25, 0.3) is 0 Å². The van der Waals surface area contributed by atoms with E-state index in [-0.39, 0.29) is 6.10 Å². The Morgan fingerprint density at radius 2 is 0.636 bits per heavy atom. The Kier molecular flexibility index (Phi) is 6.14. The molecule has 5 rings (SSSR count). The van der Waals surface area contributed by atoms with Crippen molar-refractivity contribution in [3.8, 4) is 0 Å². The van der Waals surface area contributed by atoms with Gasteiger partial charge in [-0.25, -0.2) is 0 Å². The fourth-order valence-electron chi connectivity index (χ4n) is 4.48. The second-order valence-electron chi connectivity index (χ2n) is 8.10. The number of hydrogen-bond donors (Lipinski definition) is 0. The first kappa shape index (κ1) is 20.9. The Labute approximate surface area is 196 Å². The molecule has 0 aliphatic heterocycles. The first-order chi connectivity index (χ1) is 16.4. The van der Waals surface area contributed by atoms with Crippen LogP contribution in [0.25, 0.3) is 0 Å². The van der Waals surface area contributed by atoms with E-state index in [1.165, 1.54) is 0 Å². The highest BCUT2D eigenvalue weighted by Crippen LogP contribution is 2.45. The Morgan fingerprint density at radius 1 is 0.364 bits per heavy atom. The number of hydrogen-bond acceptors (Lipinski definition) is 1. The molecule has 0 unspecified atom stereocenters. The molecule has 33 heavy (non-hydrogen) atoms. The lowest BCUT2D eigenvalue weighted by atomic mass is 9.79.